The molecule has 0 saturated heterocycles. The zero-order chi connectivity index (χ0) is 15.4. The van der Waals surface area contributed by atoms with Gasteiger partial charge in [-0.05, 0) is 18.2 Å². The van der Waals surface area contributed by atoms with E-state index in [1.807, 2.05) is 0 Å². The van der Waals surface area contributed by atoms with Crippen molar-refractivity contribution in [1.29, 1.82) is 0 Å². The van der Waals surface area contributed by atoms with Crippen molar-refractivity contribution in [3.63, 3.8) is 0 Å². The molecule has 1 amide bonds. The zero-order valence-corrected chi connectivity index (χ0v) is 12.3. The van der Waals surface area contributed by atoms with Crippen molar-refractivity contribution in [2.45, 2.75) is 0 Å². The fraction of sp³-hybridized carbons (Fsp3) is 0.0769. The maximum atomic E-state index is 12.1. The van der Waals surface area contributed by atoms with Gasteiger partial charge in [-0.3, -0.25) is 9.78 Å². The molecule has 6 nitrogen and oxygen atoms in total. The number of carbonyl (C=O) groups excluding carboxylic acids is 2. The van der Waals surface area contributed by atoms with Crippen LogP contribution in [-0.4, -0.2) is 29.0 Å². The quantitative estimate of drug-likeness (QED) is 0.877. The average molecular weight is 326 g/mol. The summed E-state index contributed by atoms with van der Waals surface area (Å²) in [6.45, 7) is 0. The molecule has 0 unspecified atom stereocenters. The Labute approximate surface area is 130 Å². The molecule has 0 fully saturated rings. The lowest BCUT2D eigenvalue weighted by Gasteiger charge is -2.10. The van der Waals surface area contributed by atoms with Gasteiger partial charge in [0.15, 0.2) is 0 Å². The van der Waals surface area contributed by atoms with Crippen LogP contribution in [0.25, 0.3) is 0 Å². The molecule has 8 heteroatoms. The summed E-state index contributed by atoms with van der Waals surface area (Å²) in [6, 6.07) is 4.40. The van der Waals surface area contributed by atoms with E-state index in [9.17, 15) is 9.59 Å². The van der Waals surface area contributed by atoms with Crippen LogP contribution >= 0.6 is 23.2 Å². The second-order valence-corrected chi connectivity index (χ2v) is 4.69. The van der Waals surface area contributed by atoms with Crippen LogP contribution in [0.5, 0.6) is 0 Å². The monoisotopic (exact) mass is 325 g/mol. The minimum atomic E-state index is -0.598. The number of halogens is 2. The third kappa shape index (κ3) is 3.68. The van der Waals surface area contributed by atoms with Crippen LogP contribution in [0.2, 0.25) is 10.2 Å². The van der Waals surface area contributed by atoms with E-state index in [1.54, 1.807) is 0 Å². The molecule has 2 aromatic rings. The lowest BCUT2D eigenvalue weighted by molar-refractivity contribution is 0.0602. The van der Waals surface area contributed by atoms with Crippen molar-refractivity contribution in [3.05, 3.63) is 52.0 Å². The smallest absolute Gasteiger partial charge is 0.339 e. The number of nitrogens with zero attached hydrogens (tertiary/aromatic N) is 2. The number of ether oxygens (including phenoxy) is 1. The Hall–Kier alpha value is -2.18. The Balaban J connectivity index is 2.32. The molecule has 21 heavy (non-hydrogen) atoms. The molecule has 0 saturated carbocycles. The predicted octanol–water partition coefficient (Wildman–Crippen LogP) is 2.82. The molecule has 0 radical (unpaired) electrons. The normalized spacial score (nSPS) is 10.0. The minimum Gasteiger partial charge on any atom is -0.465 e. The summed E-state index contributed by atoms with van der Waals surface area (Å²) in [7, 11) is 1.24. The van der Waals surface area contributed by atoms with Gasteiger partial charge >= 0.3 is 5.97 Å². The third-order valence-electron chi connectivity index (χ3n) is 2.47. The number of hydrogen-bond donors (Lipinski definition) is 1. The number of methoxy groups -OCH3 is 1. The van der Waals surface area contributed by atoms with E-state index in [0.717, 1.165) is 0 Å². The lowest BCUT2D eigenvalue weighted by Crippen LogP contribution is -2.17. The van der Waals surface area contributed by atoms with Gasteiger partial charge in [0.2, 0.25) is 0 Å². The molecule has 0 aliphatic heterocycles. The van der Waals surface area contributed by atoms with Gasteiger partial charge in [0.1, 0.15) is 10.8 Å². The second-order valence-electron chi connectivity index (χ2n) is 3.86. The van der Waals surface area contributed by atoms with E-state index in [-0.39, 0.29) is 22.1 Å². The molecule has 1 N–H and O–H groups in total. The van der Waals surface area contributed by atoms with Crippen molar-refractivity contribution >= 4 is 40.8 Å². The maximum Gasteiger partial charge on any atom is 0.339 e. The first-order valence-corrected chi connectivity index (χ1v) is 6.43. The molecule has 0 spiro atoms. The van der Waals surface area contributed by atoms with Gasteiger partial charge in [-0.2, -0.15) is 0 Å². The molecular formula is C13H9Cl2N3O3. The number of rotatable bonds is 3. The first kappa shape index (κ1) is 15.2. The Kier molecular flexibility index (Phi) is 4.72. The van der Waals surface area contributed by atoms with E-state index in [1.165, 1.54) is 37.7 Å². The highest BCUT2D eigenvalue weighted by atomic mass is 35.5. The van der Waals surface area contributed by atoms with Gasteiger partial charge in [0, 0.05) is 5.02 Å². The molecule has 0 atom stereocenters. The van der Waals surface area contributed by atoms with Crippen LogP contribution < -0.4 is 5.32 Å². The van der Waals surface area contributed by atoms with Gasteiger partial charge in [-0.1, -0.05) is 23.2 Å². The number of hydrogen-bond acceptors (Lipinski definition) is 5. The number of anilines is 1. The topological polar surface area (TPSA) is 81.2 Å². The average Bonchev–Trinajstić information content (AvgIpc) is 2.46. The second kappa shape index (κ2) is 6.51. The van der Waals surface area contributed by atoms with Crippen molar-refractivity contribution in [2.24, 2.45) is 0 Å². The van der Waals surface area contributed by atoms with E-state index >= 15 is 0 Å². The van der Waals surface area contributed by atoms with Gasteiger partial charge in [0.05, 0.1) is 30.8 Å². The largest absolute Gasteiger partial charge is 0.465 e. The number of aromatic nitrogens is 2. The number of nitrogens with one attached hydrogen (secondary N) is 1. The Bertz CT molecular complexity index is 707. The fourth-order valence-corrected chi connectivity index (χ4v) is 1.87. The van der Waals surface area contributed by atoms with Crippen molar-refractivity contribution in [2.75, 3.05) is 12.4 Å². The van der Waals surface area contributed by atoms with Gasteiger partial charge in [-0.25, -0.2) is 9.78 Å². The van der Waals surface area contributed by atoms with Crippen molar-refractivity contribution in [3.8, 4) is 0 Å². The van der Waals surface area contributed by atoms with Gasteiger partial charge in [-0.15, -0.1) is 0 Å². The number of benzene rings is 1. The molecule has 0 bridgehead atoms. The fourth-order valence-electron chi connectivity index (χ4n) is 1.55. The summed E-state index contributed by atoms with van der Waals surface area (Å²) in [5, 5.41) is 2.97. The standard InChI is InChI=1S/C13H9Cl2N3O3/c1-21-13(20)8-3-2-7(14)4-9(8)18-12(19)10-5-16-6-11(15)17-10/h2-6H,1H3,(H,18,19). The highest BCUT2D eigenvalue weighted by Gasteiger charge is 2.16. The maximum absolute atomic E-state index is 12.1. The Morgan fingerprint density at radius 2 is 2.00 bits per heavy atom. The van der Waals surface area contributed by atoms with Crippen LogP contribution in [-0.2, 0) is 4.74 Å². The Morgan fingerprint density at radius 3 is 2.67 bits per heavy atom. The van der Waals surface area contributed by atoms with E-state index in [4.69, 9.17) is 23.2 Å². The highest BCUT2D eigenvalue weighted by Crippen LogP contribution is 2.22. The lowest BCUT2D eigenvalue weighted by atomic mass is 10.1. The molecule has 2 rings (SSSR count). The van der Waals surface area contributed by atoms with Gasteiger partial charge < -0.3 is 10.1 Å². The van der Waals surface area contributed by atoms with E-state index < -0.39 is 11.9 Å². The first-order chi connectivity index (χ1) is 10.0. The van der Waals surface area contributed by atoms with Crippen LogP contribution in [0.15, 0.2) is 30.6 Å². The zero-order valence-electron chi connectivity index (χ0n) is 10.8. The summed E-state index contributed by atoms with van der Waals surface area (Å²) in [5.74, 6) is -1.17. The SMILES string of the molecule is COC(=O)c1ccc(Cl)cc1NC(=O)c1cncc(Cl)n1. The van der Waals surface area contributed by atoms with E-state index in [0.29, 0.717) is 5.02 Å². The molecule has 108 valence electrons. The van der Waals surface area contributed by atoms with Crippen LogP contribution in [0.3, 0.4) is 0 Å². The molecule has 0 aliphatic rings. The molecule has 1 aromatic heterocycles. The number of amides is 1. The molecular weight excluding hydrogens is 317 g/mol. The Morgan fingerprint density at radius 1 is 1.24 bits per heavy atom. The first-order valence-electron chi connectivity index (χ1n) is 5.68. The molecule has 0 aliphatic carbocycles. The van der Waals surface area contributed by atoms with Gasteiger partial charge in [0.25, 0.3) is 5.91 Å². The van der Waals surface area contributed by atoms with Crippen molar-refractivity contribution in [1.82, 2.24) is 9.97 Å². The number of esters is 1. The van der Waals surface area contributed by atoms with Crippen LogP contribution in [0, 0.1) is 0 Å². The summed E-state index contributed by atoms with van der Waals surface area (Å²) >= 11 is 11.5. The third-order valence-corrected chi connectivity index (χ3v) is 2.89. The summed E-state index contributed by atoms with van der Waals surface area (Å²) < 4.78 is 4.64. The minimum absolute atomic E-state index is 0.0123. The predicted molar refractivity (Wildman–Crippen MR) is 77.8 cm³/mol. The summed E-state index contributed by atoms with van der Waals surface area (Å²) in [4.78, 5) is 31.3. The molecule has 1 heterocycles. The molecule has 1 aromatic carbocycles. The summed E-state index contributed by atoms with van der Waals surface area (Å²) in [5.41, 5.74) is 0.393. The van der Waals surface area contributed by atoms with Crippen LogP contribution in [0.4, 0.5) is 5.69 Å². The van der Waals surface area contributed by atoms with Crippen molar-refractivity contribution < 1.29 is 14.3 Å². The summed E-state index contributed by atoms with van der Waals surface area (Å²) in [6.07, 6.45) is 2.56. The van der Waals surface area contributed by atoms with E-state index in [2.05, 4.69) is 20.0 Å². The highest BCUT2D eigenvalue weighted by molar-refractivity contribution is 6.31. The van der Waals surface area contributed by atoms with Crippen LogP contribution in [0.1, 0.15) is 20.8 Å². The number of carbonyl (C=O) groups is 2.